The topological polar surface area (TPSA) is 99.1 Å². The second-order valence-corrected chi connectivity index (χ2v) is 11.7. The Morgan fingerprint density at radius 2 is 0.707 bits per heavy atom. The molecule has 1 unspecified atom stereocenters. The van der Waals surface area contributed by atoms with Crippen LogP contribution < -0.4 is 0 Å². The summed E-state index contributed by atoms with van der Waals surface area (Å²) >= 11 is 0. The molecule has 242 valence electrons. The Bertz CT molecular complexity index is 637. The molecular weight excluding hydrogens is 520 g/mol. The van der Waals surface area contributed by atoms with Crippen LogP contribution in [-0.4, -0.2) is 48.4 Å². The fraction of sp³-hybridized carbons (Fsp3) is 0.912. The third-order valence-electron chi connectivity index (χ3n) is 7.51. The highest BCUT2D eigenvalue weighted by Gasteiger charge is 2.43. The van der Waals surface area contributed by atoms with Crippen molar-refractivity contribution in [2.45, 2.75) is 180 Å². The van der Waals surface area contributed by atoms with Gasteiger partial charge in [0.1, 0.15) is 0 Å². The van der Waals surface area contributed by atoms with Crippen molar-refractivity contribution in [2.24, 2.45) is 0 Å². The minimum Gasteiger partial charge on any atom is -0.466 e. The van der Waals surface area contributed by atoms with E-state index >= 15 is 0 Å². The highest BCUT2D eigenvalue weighted by molar-refractivity contribution is 5.90. The molecule has 0 aliphatic rings. The molecule has 7 heteroatoms. The van der Waals surface area contributed by atoms with Crippen LogP contribution in [0, 0.1) is 0 Å². The molecule has 1 N–H and O–H groups in total. The summed E-state index contributed by atoms with van der Waals surface area (Å²) in [4.78, 5) is 37.8. The van der Waals surface area contributed by atoms with Crippen LogP contribution in [0.5, 0.6) is 0 Å². The lowest BCUT2D eigenvalue weighted by Gasteiger charge is -2.24. The van der Waals surface area contributed by atoms with Gasteiger partial charge in [-0.25, -0.2) is 4.79 Å². The fourth-order valence-electron chi connectivity index (χ4n) is 4.81. The molecule has 0 saturated heterocycles. The Hall–Kier alpha value is -1.63. The van der Waals surface area contributed by atoms with Gasteiger partial charge in [0.2, 0.25) is 0 Å². The minimum atomic E-state index is -2.28. The highest BCUT2D eigenvalue weighted by Crippen LogP contribution is 2.21. The van der Waals surface area contributed by atoms with Crippen molar-refractivity contribution in [2.75, 3.05) is 19.8 Å². The smallest absolute Gasteiger partial charge is 0.339 e. The normalized spacial score (nSPS) is 12.6. The van der Waals surface area contributed by atoms with Crippen molar-refractivity contribution in [3.63, 3.8) is 0 Å². The molecule has 0 aromatic heterocycles. The number of carbonyl (C=O) groups excluding carboxylic acids is 3. The number of rotatable bonds is 30. The predicted octanol–water partition coefficient (Wildman–Crippen LogP) is 8.77. The van der Waals surface area contributed by atoms with E-state index in [2.05, 4.69) is 20.8 Å². The summed E-state index contributed by atoms with van der Waals surface area (Å²) in [6, 6.07) is 0. The van der Waals surface area contributed by atoms with Crippen molar-refractivity contribution >= 4 is 17.9 Å². The number of esters is 3. The zero-order chi connectivity index (χ0) is 30.4. The van der Waals surface area contributed by atoms with E-state index in [1.54, 1.807) is 0 Å². The lowest BCUT2D eigenvalue weighted by Crippen LogP contribution is -2.45. The zero-order valence-electron chi connectivity index (χ0n) is 27.0. The van der Waals surface area contributed by atoms with E-state index in [9.17, 15) is 19.5 Å². The molecule has 0 aliphatic heterocycles. The highest BCUT2D eigenvalue weighted by atomic mass is 16.6. The molecule has 0 aromatic rings. The van der Waals surface area contributed by atoms with Crippen LogP contribution in [0.25, 0.3) is 0 Å². The number of aliphatic hydroxyl groups is 1. The van der Waals surface area contributed by atoms with Crippen LogP contribution in [0.2, 0.25) is 0 Å². The van der Waals surface area contributed by atoms with E-state index in [1.807, 2.05) is 0 Å². The third kappa shape index (κ3) is 24.7. The lowest BCUT2D eigenvalue weighted by molar-refractivity contribution is -0.178. The molecule has 0 fully saturated rings. The molecular formula is C34H64O7. The van der Waals surface area contributed by atoms with E-state index < -0.39 is 36.4 Å². The van der Waals surface area contributed by atoms with Crippen LogP contribution in [-0.2, 0) is 28.6 Å². The molecule has 0 rings (SSSR count). The fourth-order valence-corrected chi connectivity index (χ4v) is 4.81. The Balaban J connectivity index is 4.53. The molecule has 0 radical (unpaired) electrons. The first kappa shape index (κ1) is 39.4. The second-order valence-electron chi connectivity index (χ2n) is 11.7. The maximum Gasteiger partial charge on any atom is 0.339 e. The average Bonchev–Trinajstić information content (AvgIpc) is 2.94. The number of ether oxygens (including phenoxy) is 3. The lowest BCUT2D eigenvalue weighted by atomic mass is 9.95. The van der Waals surface area contributed by atoms with Gasteiger partial charge in [-0.3, -0.25) is 9.59 Å². The molecule has 0 amide bonds. The first-order valence-corrected chi connectivity index (χ1v) is 17.1. The van der Waals surface area contributed by atoms with Crippen molar-refractivity contribution in [3.05, 3.63) is 0 Å². The summed E-state index contributed by atoms with van der Waals surface area (Å²) in [7, 11) is 0. The number of hydrogen-bond acceptors (Lipinski definition) is 7. The summed E-state index contributed by atoms with van der Waals surface area (Å²) in [5.74, 6) is -2.37. The van der Waals surface area contributed by atoms with Gasteiger partial charge in [0.25, 0.3) is 0 Å². The molecule has 0 heterocycles. The van der Waals surface area contributed by atoms with Crippen molar-refractivity contribution < 1.29 is 33.7 Å². The Labute approximate surface area is 251 Å². The molecule has 0 aliphatic carbocycles. The van der Waals surface area contributed by atoms with Gasteiger partial charge >= 0.3 is 17.9 Å². The van der Waals surface area contributed by atoms with E-state index in [-0.39, 0.29) is 19.8 Å². The van der Waals surface area contributed by atoms with Gasteiger partial charge < -0.3 is 19.3 Å². The van der Waals surface area contributed by atoms with E-state index in [0.717, 1.165) is 70.6 Å². The summed E-state index contributed by atoms with van der Waals surface area (Å²) in [5, 5.41) is 11.1. The maximum absolute atomic E-state index is 12.8. The van der Waals surface area contributed by atoms with Crippen molar-refractivity contribution in [1.29, 1.82) is 0 Å². The molecule has 0 bridgehead atoms. The quantitative estimate of drug-likeness (QED) is 0.0512. The summed E-state index contributed by atoms with van der Waals surface area (Å²) < 4.78 is 15.9. The van der Waals surface area contributed by atoms with Gasteiger partial charge in [-0.2, -0.15) is 0 Å². The van der Waals surface area contributed by atoms with E-state index in [1.165, 1.54) is 64.2 Å². The van der Waals surface area contributed by atoms with Gasteiger partial charge in [0, 0.05) is 0 Å². The van der Waals surface area contributed by atoms with Gasteiger partial charge in [0.15, 0.2) is 5.60 Å². The van der Waals surface area contributed by atoms with Gasteiger partial charge in [-0.05, 0) is 19.3 Å². The Morgan fingerprint density at radius 1 is 0.439 bits per heavy atom. The number of hydrogen-bond donors (Lipinski definition) is 1. The third-order valence-corrected chi connectivity index (χ3v) is 7.51. The van der Waals surface area contributed by atoms with Crippen molar-refractivity contribution in [3.8, 4) is 0 Å². The standard InChI is InChI=1S/C34H64O7/c1-4-7-10-13-16-17-18-19-22-24-27-40-32(36)30-34(38,33(37)41-28-25-21-15-12-9-6-3)29-31(35)39-26-23-20-14-11-8-5-2/h38H,4-30H2,1-3H3. The Morgan fingerprint density at radius 3 is 1.02 bits per heavy atom. The molecule has 7 nitrogen and oxygen atoms in total. The Kier molecular flexibility index (Phi) is 27.4. The van der Waals surface area contributed by atoms with Gasteiger partial charge in [0.05, 0.1) is 32.7 Å². The molecule has 1 atom stereocenters. The van der Waals surface area contributed by atoms with Crippen LogP contribution in [0.1, 0.15) is 175 Å². The first-order valence-electron chi connectivity index (χ1n) is 17.1. The molecule has 0 spiro atoms. The molecule has 41 heavy (non-hydrogen) atoms. The minimum absolute atomic E-state index is 0.147. The van der Waals surface area contributed by atoms with Crippen LogP contribution in [0.3, 0.4) is 0 Å². The van der Waals surface area contributed by atoms with Crippen LogP contribution in [0.15, 0.2) is 0 Å². The van der Waals surface area contributed by atoms with Crippen LogP contribution >= 0.6 is 0 Å². The van der Waals surface area contributed by atoms with Crippen molar-refractivity contribution in [1.82, 2.24) is 0 Å². The predicted molar refractivity (Wildman–Crippen MR) is 166 cm³/mol. The van der Waals surface area contributed by atoms with E-state index in [0.29, 0.717) is 6.42 Å². The number of carbonyl (C=O) groups is 3. The number of unbranched alkanes of at least 4 members (excludes halogenated alkanes) is 19. The summed E-state index contributed by atoms with van der Waals surface area (Å²) in [5.41, 5.74) is -2.28. The van der Waals surface area contributed by atoms with Crippen LogP contribution in [0.4, 0.5) is 0 Å². The summed E-state index contributed by atoms with van der Waals surface area (Å²) in [6.07, 6.45) is 23.0. The van der Waals surface area contributed by atoms with Gasteiger partial charge in [-0.1, -0.05) is 143 Å². The second kappa shape index (κ2) is 28.5. The SMILES string of the molecule is CCCCCCCCCCCCOC(=O)CC(O)(CC(=O)OCCCCCCCC)C(=O)OCCCCCCCC. The zero-order valence-corrected chi connectivity index (χ0v) is 27.0. The molecule has 0 aromatic carbocycles. The molecule has 0 saturated carbocycles. The largest absolute Gasteiger partial charge is 0.466 e. The monoisotopic (exact) mass is 584 g/mol. The maximum atomic E-state index is 12.8. The van der Waals surface area contributed by atoms with E-state index in [4.69, 9.17) is 14.2 Å². The average molecular weight is 585 g/mol. The van der Waals surface area contributed by atoms with Gasteiger partial charge in [-0.15, -0.1) is 0 Å². The first-order chi connectivity index (χ1) is 19.9. The summed E-state index contributed by atoms with van der Waals surface area (Å²) in [6.45, 7) is 7.16.